The summed E-state index contributed by atoms with van der Waals surface area (Å²) in [5.74, 6) is 0.408. The number of nitrogens with zero attached hydrogens (tertiary/aromatic N) is 2. The molecule has 0 aliphatic rings. The molecule has 0 unspecified atom stereocenters. The quantitative estimate of drug-likeness (QED) is 0.752. The normalized spacial score (nSPS) is 9.85. The van der Waals surface area contributed by atoms with E-state index >= 15 is 0 Å². The second kappa shape index (κ2) is 3.36. The van der Waals surface area contributed by atoms with Gasteiger partial charge in [-0.2, -0.15) is 5.10 Å². The Balaban J connectivity index is 2.08. The molecule has 1 amide bonds. The van der Waals surface area contributed by atoms with Crippen LogP contribution >= 0.6 is 11.3 Å². The molecule has 0 aliphatic carbocycles. The molecule has 13 heavy (non-hydrogen) atoms. The highest BCUT2D eigenvalue weighted by Gasteiger charge is 2.07. The number of hydrogen-bond donors (Lipinski definition) is 2. The largest absolute Gasteiger partial charge is 0.306 e. The Labute approximate surface area is 77.8 Å². The number of carbonyl (C=O) groups excluding carboxylic acids is 1. The van der Waals surface area contributed by atoms with E-state index in [4.69, 9.17) is 0 Å². The van der Waals surface area contributed by atoms with Crippen LogP contribution in [0.15, 0.2) is 24.0 Å². The monoisotopic (exact) mass is 194 g/mol. The van der Waals surface area contributed by atoms with Gasteiger partial charge >= 0.3 is 0 Å². The number of H-pyrrole nitrogens is 1. The van der Waals surface area contributed by atoms with Gasteiger partial charge in [0.25, 0.3) is 5.91 Å². The number of anilines is 1. The molecule has 2 aromatic rings. The molecule has 2 rings (SSSR count). The van der Waals surface area contributed by atoms with Crippen LogP contribution in [-0.2, 0) is 0 Å². The van der Waals surface area contributed by atoms with Crippen LogP contribution < -0.4 is 5.32 Å². The van der Waals surface area contributed by atoms with E-state index in [-0.39, 0.29) is 5.91 Å². The van der Waals surface area contributed by atoms with Crippen LogP contribution in [0.2, 0.25) is 0 Å². The Bertz CT molecular complexity index is 381. The Morgan fingerprint density at radius 3 is 3.15 bits per heavy atom. The lowest BCUT2D eigenvalue weighted by Crippen LogP contribution is -2.10. The summed E-state index contributed by atoms with van der Waals surface area (Å²) in [5.41, 5.74) is 1.61. The molecule has 6 heteroatoms. The maximum Gasteiger partial charge on any atom is 0.268 e. The van der Waals surface area contributed by atoms with Crippen molar-refractivity contribution in [2.45, 2.75) is 0 Å². The van der Waals surface area contributed by atoms with Crippen molar-refractivity contribution in [3.8, 4) is 0 Å². The Hall–Kier alpha value is -1.69. The highest BCUT2D eigenvalue weighted by molar-refractivity contribution is 7.11. The first kappa shape index (κ1) is 7.93. The lowest BCUT2D eigenvalue weighted by atomic mass is 10.5. The molecule has 0 saturated carbocycles. The summed E-state index contributed by atoms with van der Waals surface area (Å²) >= 11 is 1.30. The highest BCUT2D eigenvalue weighted by Crippen LogP contribution is 2.08. The first-order chi connectivity index (χ1) is 6.36. The van der Waals surface area contributed by atoms with E-state index in [2.05, 4.69) is 20.5 Å². The van der Waals surface area contributed by atoms with E-state index in [0.717, 1.165) is 0 Å². The third kappa shape index (κ3) is 1.73. The van der Waals surface area contributed by atoms with Crippen LogP contribution in [0.4, 0.5) is 5.82 Å². The predicted octanol–water partition coefficient (Wildman–Crippen LogP) is 1.12. The predicted molar refractivity (Wildman–Crippen MR) is 48.7 cm³/mol. The summed E-state index contributed by atoms with van der Waals surface area (Å²) in [6, 6.07) is 1.68. The number of nitrogens with one attached hydrogen (secondary N) is 2. The molecule has 0 fully saturated rings. The van der Waals surface area contributed by atoms with Gasteiger partial charge in [0.2, 0.25) is 0 Å². The van der Waals surface area contributed by atoms with Crippen molar-refractivity contribution in [3.05, 3.63) is 28.8 Å². The fraction of sp³-hybridized carbons (Fsp3) is 0. The van der Waals surface area contributed by atoms with Gasteiger partial charge in [0.1, 0.15) is 10.7 Å². The van der Waals surface area contributed by atoms with Crippen molar-refractivity contribution in [1.29, 1.82) is 0 Å². The lowest BCUT2D eigenvalue weighted by molar-refractivity contribution is 0.103. The van der Waals surface area contributed by atoms with Crippen LogP contribution in [0.25, 0.3) is 0 Å². The minimum atomic E-state index is -0.174. The van der Waals surface area contributed by atoms with Gasteiger partial charge < -0.3 is 5.32 Å². The van der Waals surface area contributed by atoms with E-state index in [0.29, 0.717) is 10.7 Å². The third-order valence-electron chi connectivity index (χ3n) is 1.41. The van der Waals surface area contributed by atoms with Gasteiger partial charge in [-0.05, 0) is 0 Å². The number of thiazole rings is 1. The molecule has 0 saturated heterocycles. The average Bonchev–Trinajstić information content (AvgIpc) is 2.74. The lowest BCUT2D eigenvalue weighted by Gasteiger charge is -1.97. The smallest absolute Gasteiger partial charge is 0.268 e. The first-order valence-corrected chi connectivity index (χ1v) is 4.43. The maximum absolute atomic E-state index is 11.4. The summed E-state index contributed by atoms with van der Waals surface area (Å²) in [6.45, 7) is 0. The molecule has 0 radical (unpaired) electrons. The molecular weight excluding hydrogens is 188 g/mol. The van der Waals surface area contributed by atoms with Crippen LogP contribution in [0.5, 0.6) is 0 Å². The Kier molecular flexibility index (Phi) is 2.05. The van der Waals surface area contributed by atoms with Crippen molar-refractivity contribution in [1.82, 2.24) is 15.2 Å². The minimum absolute atomic E-state index is 0.174. The van der Waals surface area contributed by atoms with Gasteiger partial charge in [0.15, 0.2) is 0 Å². The van der Waals surface area contributed by atoms with Crippen LogP contribution in [0, 0.1) is 0 Å². The van der Waals surface area contributed by atoms with Crippen molar-refractivity contribution < 1.29 is 4.79 Å². The zero-order valence-corrected chi connectivity index (χ0v) is 7.34. The molecule has 2 aromatic heterocycles. The minimum Gasteiger partial charge on any atom is -0.306 e. The molecule has 5 nitrogen and oxygen atoms in total. The summed E-state index contributed by atoms with van der Waals surface area (Å²) < 4.78 is 0. The van der Waals surface area contributed by atoms with Gasteiger partial charge in [-0.25, -0.2) is 0 Å². The number of carbonyl (C=O) groups is 1. The maximum atomic E-state index is 11.4. The molecular formula is C7H6N4OS. The summed E-state index contributed by atoms with van der Waals surface area (Å²) in [7, 11) is 0. The SMILES string of the molecule is O=C(Nc1ccn[nH]1)c1cncs1. The fourth-order valence-electron chi connectivity index (χ4n) is 0.837. The average molecular weight is 194 g/mol. The van der Waals surface area contributed by atoms with Crippen molar-refractivity contribution in [2.24, 2.45) is 0 Å². The summed E-state index contributed by atoms with van der Waals surface area (Å²) in [6.07, 6.45) is 3.10. The number of aromatic amines is 1. The zero-order chi connectivity index (χ0) is 9.10. The molecule has 0 aliphatic heterocycles. The molecule has 0 spiro atoms. The molecule has 0 bridgehead atoms. The summed E-state index contributed by atoms with van der Waals surface area (Å²) in [4.78, 5) is 15.8. The van der Waals surface area contributed by atoms with Crippen LogP contribution in [0.1, 0.15) is 9.67 Å². The van der Waals surface area contributed by atoms with Crippen LogP contribution in [-0.4, -0.2) is 21.1 Å². The Morgan fingerprint density at radius 2 is 2.54 bits per heavy atom. The molecule has 2 N–H and O–H groups in total. The highest BCUT2D eigenvalue weighted by atomic mass is 32.1. The van der Waals surface area contributed by atoms with Crippen molar-refractivity contribution in [2.75, 3.05) is 5.32 Å². The van der Waals surface area contributed by atoms with E-state index in [1.165, 1.54) is 17.5 Å². The zero-order valence-electron chi connectivity index (χ0n) is 6.52. The summed E-state index contributed by atoms with van der Waals surface area (Å²) in [5, 5.41) is 8.97. The molecule has 66 valence electrons. The fourth-order valence-corrected chi connectivity index (χ4v) is 1.35. The Morgan fingerprint density at radius 1 is 1.62 bits per heavy atom. The number of amides is 1. The number of aromatic nitrogens is 3. The number of hydrogen-bond acceptors (Lipinski definition) is 4. The number of rotatable bonds is 2. The second-order valence-electron chi connectivity index (χ2n) is 2.29. The second-order valence-corrected chi connectivity index (χ2v) is 3.18. The van der Waals surface area contributed by atoms with Gasteiger partial charge in [0.05, 0.1) is 17.9 Å². The van der Waals surface area contributed by atoms with Gasteiger partial charge in [0, 0.05) is 6.07 Å². The van der Waals surface area contributed by atoms with Gasteiger partial charge in [-0.15, -0.1) is 11.3 Å². The molecule has 2 heterocycles. The standard InChI is InChI=1S/C7H6N4OS/c12-7(5-3-8-4-13-5)10-6-1-2-9-11-6/h1-4H,(H2,9,10,11,12). The van der Waals surface area contributed by atoms with Crippen LogP contribution in [0.3, 0.4) is 0 Å². The van der Waals surface area contributed by atoms with Gasteiger partial charge in [-0.1, -0.05) is 0 Å². The van der Waals surface area contributed by atoms with E-state index in [1.54, 1.807) is 17.8 Å². The van der Waals surface area contributed by atoms with E-state index in [9.17, 15) is 4.79 Å². The molecule has 0 atom stereocenters. The van der Waals surface area contributed by atoms with Crippen molar-refractivity contribution >= 4 is 23.1 Å². The topological polar surface area (TPSA) is 70.7 Å². The van der Waals surface area contributed by atoms with Gasteiger partial charge in [-0.3, -0.25) is 14.9 Å². The van der Waals surface area contributed by atoms with E-state index in [1.807, 2.05) is 0 Å². The van der Waals surface area contributed by atoms with E-state index < -0.39 is 0 Å². The van der Waals surface area contributed by atoms with Crippen molar-refractivity contribution in [3.63, 3.8) is 0 Å². The molecule has 0 aromatic carbocycles. The first-order valence-electron chi connectivity index (χ1n) is 3.55. The third-order valence-corrected chi connectivity index (χ3v) is 2.18.